The molecule has 0 spiro atoms. The number of sulfonamides is 1. The minimum atomic E-state index is -3.68. The van der Waals surface area contributed by atoms with Crippen LogP contribution in [-0.2, 0) is 21.4 Å². The predicted octanol–water partition coefficient (Wildman–Crippen LogP) is 1.92. The number of benzene rings is 1. The summed E-state index contributed by atoms with van der Waals surface area (Å²) in [6.45, 7) is 0.590. The Balaban J connectivity index is 1.71. The summed E-state index contributed by atoms with van der Waals surface area (Å²) in [6, 6.07) is 8.41. The van der Waals surface area contributed by atoms with Crippen LogP contribution < -0.4 is 4.72 Å². The fourth-order valence-electron chi connectivity index (χ4n) is 2.87. The van der Waals surface area contributed by atoms with Crippen molar-refractivity contribution in [3.05, 3.63) is 52.2 Å². The zero-order valence-corrected chi connectivity index (χ0v) is 15.4. The molecule has 1 aliphatic rings. The van der Waals surface area contributed by atoms with Gasteiger partial charge in [-0.1, -0.05) is 6.07 Å². The van der Waals surface area contributed by atoms with E-state index in [2.05, 4.69) is 4.72 Å². The number of nitrogens with zero attached hydrogens (tertiary/aromatic N) is 1. The molecule has 1 amide bonds. The van der Waals surface area contributed by atoms with E-state index in [9.17, 15) is 23.1 Å². The van der Waals surface area contributed by atoms with Crippen LogP contribution in [0.1, 0.15) is 28.1 Å². The first kappa shape index (κ1) is 18.6. The molecule has 26 heavy (non-hydrogen) atoms. The minimum Gasteiger partial charge on any atom is -0.480 e. The van der Waals surface area contributed by atoms with Crippen LogP contribution in [-0.4, -0.2) is 42.9 Å². The zero-order chi connectivity index (χ0) is 18.7. The van der Waals surface area contributed by atoms with Crippen molar-refractivity contribution in [3.63, 3.8) is 0 Å². The molecule has 138 valence electrons. The van der Waals surface area contributed by atoms with E-state index in [1.807, 2.05) is 17.5 Å². The molecule has 0 bridgehead atoms. The third kappa shape index (κ3) is 3.95. The van der Waals surface area contributed by atoms with Crippen LogP contribution in [0.4, 0.5) is 0 Å². The van der Waals surface area contributed by atoms with Crippen molar-refractivity contribution in [3.8, 4) is 0 Å². The molecule has 2 heterocycles. The minimum absolute atomic E-state index is 0.0572. The van der Waals surface area contributed by atoms with Gasteiger partial charge in [0.2, 0.25) is 10.0 Å². The molecule has 3 rings (SSSR count). The van der Waals surface area contributed by atoms with Gasteiger partial charge in [-0.05, 0) is 48.6 Å². The number of carboxylic acids is 1. The number of likely N-dealkylation sites (tertiary alicyclic amines) is 1. The van der Waals surface area contributed by atoms with Crippen LogP contribution in [0, 0.1) is 0 Å². The van der Waals surface area contributed by atoms with Gasteiger partial charge < -0.3 is 10.0 Å². The van der Waals surface area contributed by atoms with E-state index in [1.165, 1.54) is 40.5 Å². The molecule has 2 aromatic rings. The lowest BCUT2D eigenvalue weighted by Gasteiger charge is -2.21. The number of carbonyl (C=O) groups excluding carboxylic acids is 1. The Morgan fingerprint density at radius 3 is 2.58 bits per heavy atom. The number of carboxylic acid groups (broad SMARTS) is 1. The predicted molar refractivity (Wildman–Crippen MR) is 96.5 cm³/mol. The van der Waals surface area contributed by atoms with Gasteiger partial charge in [-0.25, -0.2) is 17.9 Å². The molecule has 0 saturated carbocycles. The second-order valence-electron chi connectivity index (χ2n) is 5.92. The summed E-state index contributed by atoms with van der Waals surface area (Å²) in [5.41, 5.74) is 0.273. The average Bonchev–Trinajstić information content (AvgIpc) is 3.31. The van der Waals surface area contributed by atoms with Crippen LogP contribution in [0.15, 0.2) is 46.7 Å². The Morgan fingerprint density at radius 1 is 1.23 bits per heavy atom. The third-order valence-electron chi connectivity index (χ3n) is 4.23. The number of hydrogen-bond donors (Lipinski definition) is 2. The zero-order valence-electron chi connectivity index (χ0n) is 13.8. The Morgan fingerprint density at radius 2 is 1.96 bits per heavy atom. The molecule has 1 unspecified atom stereocenters. The second-order valence-corrected chi connectivity index (χ2v) is 8.72. The molecule has 1 aromatic carbocycles. The van der Waals surface area contributed by atoms with E-state index in [1.54, 1.807) is 0 Å². The fraction of sp³-hybridized carbons (Fsp3) is 0.294. The lowest BCUT2D eigenvalue weighted by Crippen LogP contribution is -2.40. The van der Waals surface area contributed by atoms with Crippen LogP contribution in [0.5, 0.6) is 0 Å². The van der Waals surface area contributed by atoms with Gasteiger partial charge in [0.25, 0.3) is 5.91 Å². The van der Waals surface area contributed by atoms with Gasteiger partial charge in [0.1, 0.15) is 6.04 Å². The maximum absolute atomic E-state index is 12.5. The molecular formula is C17H18N2O5S2. The van der Waals surface area contributed by atoms with E-state index in [-0.39, 0.29) is 17.0 Å². The molecule has 1 atom stereocenters. The normalized spacial score (nSPS) is 17.4. The van der Waals surface area contributed by atoms with Crippen molar-refractivity contribution < 1.29 is 23.1 Å². The Labute approximate surface area is 155 Å². The summed E-state index contributed by atoms with van der Waals surface area (Å²) >= 11 is 1.46. The first-order valence-electron chi connectivity index (χ1n) is 8.04. The number of rotatable bonds is 6. The summed E-state index contributed by atoms with van der Waals surface area (Å²) in [7, 11) is -3.68. The van der Waals surface area contributed by atoms with Gasteiger partial charge in [-0.3, -0.25) is 4.79 Å². The van der Waals surface area contributed by atoms with Crippen LogP contribution in [0.3, 0.4) is 0 Å². The molecular weight excluding hydrogens is 376 g/mol. The first-order chi connectivity index (χ1) is 12.4. The van der Waals surface area contributed by atoms with Crippen LogP contribution in [0.25, 0.3) is 0 Å². The number of hydrogen-bond acceptors (Lipinski definition) is 5. The quantitative estimate of drug-likeness (QED) is 0.779. The number of amides is 1. The summed E-state index contributed by atoms with van der Waals surface area (Å²) in [5.74, 6) is -1.42. The number of thiophene rings is 1. The summed E-state index contributed by atoms with van der Waals surface area (Å²) in [5, 5.41) is 11.1. The van der Waals surface area contributed by atoms with Crippen molar-refractivity contribution >= 4 is 33.2 Å². The highest BCUT2D eigenvalue weighted by Gasteiger charge is 2.34. The molecule has 1 saturated heterocycles. The summed E-state index contributed by atoms with van der Waals surface area (Å²) < 4.78 is 27.2. The number of aliphatic carboxylic acids is 1. The molecule has 7 nitrogen and oxygen atoms in total. The first-order valence-corrected chi connectivity index (χ1v) is 10.4. The third-order valence-corrected chi connectivity index (χ3v) is 6.52. The highest BCUT2D eigenvalue weighted by Crippen LogP contribution is 2.21. The van der Waals surface area contributed by atoms with E-state index in [0.29, 0.717) is 19.4 Å². The molecule has 9 heteroatoms. The lowest BCUT2D eigenvalue weighted by atomic mass is 10.1. The van der Waals surface area contributed by atoms with Crippen molar-refractivity contribution in [2.45, 2.75) is 30.3 Å². The van der Waals surface area contributed by atoms with Gasteiger partial charge in [-0.15, -0.1) is 11.3 Å². The number of carbonyl (C=O) groups is 2. The Kier molecular flexibility index (Phi) is 5.40. The highest BCUT2D eigenvalue weighted by molar-refractivity contribution is 7.89. The van der Waals surface area contributed by atoms with Gasteiger partial charge in [0, 0.05) is 23.5 Å². The van der Waals surface area contributed by atoms with Gasteiger partial charge >= 0.3 is 5.97 Å². The van der Waals surface area contributed by atoms with Gasteiger partial charge in [-0.2, -0.15) is 0 Å². The van der Waals surface area contributed by atoms with Gasteiger partial charge in [0.05, 0.1) is 4.90 Å². The maximum Gasteiger partial charge on any atom is 0.326 e. The Hall–Kier alpha value is -2.23. The van der Waals surface area contributed by atoms with E-state index in [0.717, 1.165) is 4.88 Å². The van der Waals surface area contributed by atoms with Gasteiger partial charge in [0.15, 0.2) is 0 Å². The molecule has 2 N–H and O–H groups in total. The van der Waals surface area contributed by atoms with E-state index < -0.39 is 27.9 Å². The fourth-order valence-corrected chi connectivity index (χ4v) is 4.61. The monoisotopic (exact) mass is 394 g/mol. The molecule has 0 aliphatic carbocycles. The average molecular weight is 394 g/mol. The maximum atomic E-state index is 12.5. The topological polar surface area (TPSA) is 104 Å². The lowest BCUT2D eigenvalue weighted by molar-refractivity contribution is -0.141. The highest BCUT2D eigenvalue weighted by atomic mass is 32.2. The molecule has 0 radical (unpaired) electrons. The van der Waals surface area contributed by atoms with E-state index in [4.69, 9.17) is 0 Å². The SMILES string of the molecule is O=C(O)C1CCCN1C(=O)c1ccc(S(=O)(=O)NCc2cccs2)cc1. The van der Waals surface area contributed by atoms with Crippen LogP contribution in [0.2, 0.25) is 0 Å². The van der Waals surface area contributed by atoms with E-state index >= 15 is 0 Å². The van der Waals surface area contributed by atoms with Crippen molar-refractivity contribution in [1.82, 2.24) is 9.62 Å². The molecule has 1 aliphatic heterocycles. The number of nitrogens with one attached hydrogen (secondary N) is 1. The van der Waals surface area contributed by atoms with Crippen molar-refractivity contribution in [2.75, 3.05) is 6.54 Å². The smallest absolute Gasteiger partial charge is 0.326 e. The standard InChI is InChI=1S/C17H18N2O5S2/c20-16(19-9-1-4-15(19)17(21)22)12-5-7-14(8-6-12)26(23,24)18-11-13-3-2-10-25-13/h2-3,5-8,10,15,18H,1,4,9,11H2,(H,21,22). The van der Waals surface area contributed by atoms with Crippen molar-refractivity contribution in [1.29, 1.82) is 0 Å². The Bertz CT molecular complexity index is 892. The van der Waals surface area contributed by atoms with Crippen molar-refractivity contribution in [2.24, 2.45) is 0 Å². The summed E-state index contributed by atoms with van der Waals surface area (Å²) in [6.07, 6.45) is 1.07. The molecule has 1 aromatic heterocycles. The second kappa shape index (κ2) is 7.56. The molecule has 1 fully saturated rings. The largest absolute Gasteiger partial charge is 0.480 e. The van der Waals surface area contributed by atoms with Crippen LogP contribution >= 0.6 is 11.3 Å². The summed E-state index contributed by atoms with van der Waals surface area (Å²) in [4.78, 5) is 26.0.